The second kappa shape index (κ2) is 4.86. The molecule has 1 aliphatic heterocycles. The van der Waals surface area contributed by atoms with Gasteiger partial charge in [-0.15, -0.1) is 0 Å². The second-order valence-electron chi connectivity index (χ2n) is 4.44. The minimum absolute atomic E-state index is 0.00202. The first-order chi connectivity index (χ1) is 8.84. The smallest absolute Gasteiger partial charge is 0.275 e. The summed E-state index contributed by atoms with van der Waals surface area (Å²) in [5.41, 5.74) is 1.78. The lowest BCUT2D eigenvalue weighted by Gasteiger charge is -2.15. The Morgan fingerprint density at radius 2 is 2.17 bits per heavy atom. The fourth-order valence-electron chi connectivity index (χ4n) is 2.36. The summed E-state index contributed by atoms with van der Waals surface area (Å²) >= 11 is 1.08. The number of nitrogens with zero attached hydrogens (tertiary/aromatic N) is 3. The number of hydrogen-bond donors (Lipinski definition) is 0. The summed E-state index contributed by atoms with van der Waals surface area (Å²) in [6.45, 7) is 1.58. The zero-order chi connectivity index (χ0) is 12.4. The Kier molecular flexibility index (Phi) is 3.06. The molecule has 0 bridgehead atoms. The van der Waals surface area contributed by atoms with Gasteiger partial charge in [0.15, 0.2) is 5.69 Å². The summed E-state index contributed by atoms with van der Waals surface area (Å²) in [7, 11) is 0. The molecule has 2 heterocycles. The molecule has 3 rings (SSSR count). The standard InChI is InChI=1S/C13H13N3OS/c17-13(12-8-14-18-15-12)16-7-6-11(9-16)10-4-2-1-3-5-10/h1-5,8,11H,6-7,9H2/t11-/m1/s1. The average molecular weight is 259 g/mol. The summed E-state index contributed by atoms with van der Waals surface area (Å²) in [5, 5.41) is 0. The molecule has 2 aromatic rings. The Morgan fingerprint density at radius 3 is 2.89 bits per heavy atom. The molecule has 0 saturated carbocycles. The van der Waals surface area contributed by atoms with Gasteiger partial charge in [0, 0.05) is 19.0 Å². The van der Waals surface area contributed by atoms with Crippen LogP contribution in [0.3, 0.4) is 0 Å². The normalized spacial score (nSPS) is 19.1. The summed E-state index contributed by atoms with van der Waals surface area (Å²) < 4.78 is 7.87. The Hall–Kier alpha value is -1.75. The van der Waals surface area contributed by atoms with Crippen LogP contribution in [-0.2, 0) is 0 Å². The maximum Gasteiger partial charge on any atom is 0.275 e. The molecule has 1 amide bonds. The van der Waals surface area contributed by atoms with Crippen molar-refractivity contribution in [2.24, 2.45) is 0 Å². The van der Waals surface area contributed by atoms with Crippen molar-refractivity contribution in [1.82, 2.24) is 13.6 Å². The fourth-order valence-corrected chi connectivity index (χ4v) is 2.77. The third kappa shape index (κ3) is 2.13. The van der Waals surface area contributed by atoms with Gasteiger partial charge >= 0.3 is 0 Å². The molecule has 92 valence electrons. The molecule has 4 nitrogen and oxygen atoms in total. The van der Waals surface area contributed by atoms with E-state index in [-0.39, 0.29) is 5.91 Å². The van der Waals surface area contributed by atoms with E-state index in [0.29, 0.717) is 11.6 Å². The molecule has 1 aliphatic rings. The topological polar surface area (TPSA) is 46.1 Å². The summed E-state index contributed by atoms with van der Waals surface area (Å²) in [5.74, 6) is 0.448. The van der Waals surface area contributed by atoms with E-state index in [0.717, 1.165) is 31.2 Å². The van der Waals surface area contributed by atoms with Crippen molar-refractivity contribution in [3.63, 3.8) is 0 Å². The lowest BCUT2D eigenvalue weighted by molar-refractivity contribution is 0.0786. The summed E-state index contributed by atoms with van der Waals surface area (Å²) in [6.07, 6.45) is 2.57. The van der Waals surface area contributed by atoms with E-state index in [2.05, 4.69) is 20.9 Å². The van der Waals surface area contributed by atoms with Gasteiger partial charge in [0.2, 0.25) is 0 Å². The van der Waals surface area contributed by atoms with Crippen molar-refractivity contribution in [2.45, 2.75) is 12.3 Å². The number of hydrogen-bond acceptors (Lipinski definition) is 4. The number of aromatic nitrogens is 2. The zero-order valence-electron chi connectivity index (χ0n) is 9.82. The molecule has 0 spiro atoms. The van der Waals surface area contributed by atoms with Crippen LogP contribution in [0, 0.1) is 0 Å². The van der Waals surface area contributed by atoms with Gasteiger partial charge in [-0.1, -0.05) is 30.3 Å². The van der Waals surface area contributed by atoms with Crippen molar-refractivity contribution in [3.05, 3.63) is 47.8 Å². The highest BCUT2D eigenvalue weighted by Crippen LogP contribution is 2.27. The first-order valence-corrected chi connectivity index (χ1v) is 6.69. The van der Waals surface area contributed by atoms with E-state index in [9.17, 15) is 4.79 Å². The molecule has 0 radical (unpaired) electrons. The Bertz CT molecular complexity index is 526. The van der Waals surface area contributed by atoms with Crippen LogP contribution in [0.1, 0.15) is 28.4 Å². The number of carbonyl (C=O) groups excluding carboxylic acids is 1. The van der Waals surface area contributed by atoms with Gasteiger partial charge in [0.25, 0.3) is 5.91 Å². The first-order valence-electron chi connectivity index (χ1n) is 5.96. The van der Waals surface area contributed by atoms with Crippen molar-refractivity contribution in [3.8, 4) is 0 Å². The van der Waals surface area contributed by atoms with E-state index in [4.69, 9.17) is 0 Å². The van der Waals surface area contributed by atoms with Crippen molar-refractivity contribution in [1.29, 1.82) is 0 Å². The third-order valence-corrected chi connectivity index (χ3v) is 3.80. The Balaban J connectivity index is 1.71. The van der Waals surface area contributed by atoms with Crippen molar-refractivity contribution < 1.29 is 4.79 Å². The van der Waals surface area contributed by atoms with Crippen LogP contribution in [0.5, 0.6) is 0 Å². The van der Waals surface area contributed by atoms with Crippen LogP contribution in [0.25, 0.3) is 0 Å². The van der Waals surface area contributed by atoms with Gasteiger partial charge < -0.3 is 4.90 Å². The molecule has 1 saturated heterocycles. The van der Waals surface area contributed by atoms with Crippen LogP contribution in [0.2, 0.25) is 0 Å². The van der Waals surface area contributed by atoms with E-state index in [1.54, 1.807) is 6.20 Å². The van der Waals surface area contributed by atoms with E-state index in [1.807, 2.05) is 23.1 Å². The molecule has 1 aromatic carbocycles. The minimum Gasteiger partial charge on any atom is -0.337 e. The first kappa shape index (κ1) is 11.3. The number of likely N-dealkylation sites (tertiary alicyclic amines) is 1. The highest BCUT2D eigenvalue weighted by Gasteiger charge is 2.28. The summed E-state index contributed by atoms with van der Waals surface area (Å²) in [6, 6.07) is 10.4. The average Bonchev–Trinajstić information content (AvgIpc) is 3.10. The number of benzene rings is 1. The number of amides is 1. The molecule has 0 aliphatic carbocycles. The largest absolute Gasteiger partial charge is 0.337 e. The quantitative estimate of drug-likeness (QED) is 0.830. The maximum absolute atomic E-state index is 12.1. The van der Waals surface area contributed by atoms with Crippen LogP contribution >= 0.6 is 11.7 Å². The van der Waals surface area contributed by atoms with Gasteiger partial charge in [-0.05, 0) is 12.0 Å². The monoisotopic (exact) mass is 259 g/mol. The molecule has 0 unspecified atom stereocenters. The number of rotatable bonds is 2. The number of carbonyl (C=O) groups is 1. The van der Waals surface area contributed by atoms with Gasteiger partial charge in [-0.25, -0.2) is 0 Å². The second-order valence-corrected chi connectivity index (χ2v) is 5.00. The lowest BCUT2D eigenvalue weighted by Crippen LogP contribution is -2.28. The van der Waals surface area contributed by atoms with Gasteiger partial charge in [-0.3, -0.25) is 4.79 Å². The molecule has 1 aromatic heterocycles. The third-order valence-electron chi connectivity index (χ3n) is 3.33. The van der Waals surface area contributed by atoms with E-state index in [1.165, 1.54) is 5.56 Å². The molecule has 5 heteroatoms. The molecule has 0 N–H and O–H groups in total. The summed E-state index contributed by atoms with van der Waals surface area (Å²) in [4.78, 5) is 14.0. The molecular weight excluding hydrogens is 246 g/mol. The SMILES string of the molecule is O=C(c1cnsn1)N1CC[C@@H](c2ccccc2)C1. The van der Waals surface area contributed by atoms with Gasteiger partial charge in [0.1, 0.15) is 0 Å². The predicted molar refractivity (Wildman–Crippen MR) is 69.6 cm³/mol. The zero-order valence-corrected chi connectivity index (χ0v) is 10.6. The van der Waals surface area contributed by atoms with Crippen molar-refractivity contribution >= 4 is 17.6 Å². The van der Waals surface area contributed by atoms with Crippen LogP contribution < -0.4 is 0 Å². The molecule has 1 fully saturated rings. The van der Waals surface area contributed by atoms with E-state index >= 15 is 0 Å². The predicted octanol–water partition coefficient (Wildman–Crippen LogP) is 2.17. The van der Waals surface area contributed by atoms with Gasteiger partial charge in [-0.2, -0.15) is 8.75 Å². The highest BCUT2D eigenvalue weighted by molar-refractivity contribution is 6.99. The van der Waals surface area contributed by atoms with Crippen LogP contribution in [-0.4, -0.2) is 32.6 Å². The van der Waals surface area contributed by atoms with Crippen LogP contribution in [0.4, 0.5) is 0 Å². The van der Waals surface area contributed by atoms with E-state index < -0.39 is 0 Å². The lowest BCUT2D eigenvalue weighted by atomic mass is 9.99. The highest BCUT2D eigenvalue weighted by atomic mass is 32.1. The Labute approximate surface area is 110 Å². The van der Waals surface area contributed by atoms with Crippen molar-refractivity contribution in [2.75, 3.05) is 13.1 Å². The maximum atomic E-state index is 12.1. The molecular formula is C13H13N3OS. The fraction of sp³-hybridized carbons (Fsp3) is 0.308. The van der Waals surface area contributed by atoms with Gasteiger partial charge in [0.05, 0.1) is 17.9 Å². The van der Waals surface area contributed by atoms with Crippen LogP contribution in [0.15, 0.2) is 36.5 Å². The molecule has 1 atom stereocenters. The minimum atomic E-state index is 0.00202. The molecule has 18 heavy (non-hydrogen) atoms. The Morgan fingerprint density at radius 1 is 1.33 bits per heavy atom.